The SMILES string of the molecule is COc1cc(C2C(C#N)=C(N)N(c3ncn[nH]3)C3=C2C(=O)CC(C)(C)C3)cc(OC)c1OC. The Morgan fingerprint density at radius 2 is 1.85 bits per heavy atom. The maximum absolute atomic E-state index is 13.6. The number of aromatic amines is 1. The fourth-order valence-electron chi connectivity index (χ4n) is 4.66. The van der Waals surface area contributed by atoms with Gasteiger partial charge in [0, 0.05) is 17.7 Å². The molecule has 3 N–H and O–H groups in total. The summed E-state index contributed by atoms with van der Waals surface area (Å²) in [5.74, 6) is 1.06. The third-order valence-electron chi connectivity index (χ3n) is 6.02. The Bertz CT molecular complexity index is 1180. The fourth-order valence-corrected chi connectivity index (χ4v) is 4.66. The number of H-pyrrole nitrogens is 1. The van der Waals surface area contributed by atoms with Crippen LogP contribution in [0, 0.1) is 16.7 Å². The van der Waals surface area contributed by atoms with Crippen LogP contribution in [0.1, 0.15) is 38.2 Å². The predicted octanol–water partition coefficient (Wildman–Crippen LogP) is 2.77. The Morgan fingerprint density at radius 1 is 1.18 bits per heavy atom. The van der Waals surface area contributed by atoms with Gasteiger partial charge in [0.25, 0.3) is 0 Å². The van der Waals surface area contributed by atoms with Crippen LogP contribution >= 0.6 is 0 Å². The monoisotopic (exact) mass is 450 g/mol. The molecule has 0 bridgehead atoms. The molecule has 10 nitrogen and oxygen atoms in total. The molecule has 1 aromatic carbocycles. The van der Waals surface area contributed by atoms with E-state index in [1.807, 2.05) is 13.8 Å². The molecule has 0 radical (unpaired) electrons. The van der Waals surface area contributed by atoms with Crippen LogP contribution in [-0.4, -0.2) is 42.3 Å². The number of allylic oxidation sites excluding steroid dienone is 3. The van der Waals surface area contributed by atoms with E-state index in [-0.39, 0.29) is 22.6 Å². The molecule has 0 amide bonds. The summed E-state index contributed by atoms with van der Waals surface area (Å²) in [6.07, 6.45) is 2.26. The highest BCUT2D eigenvalue weighted by Crippen LogP contribution is 2.51. The number of nitrogens with one attached hydrogen (secondary N) is 1. The Labute approximate surface area is 191 Å². The van der Waals surface area contributed by atoms with Crippen LogP contribution < -0.4 is 24.8 Å². The van der Waals surface area contributed by atoms with E-state index in [9.17, 15) is 10.1 Å². The molecule has 0 spiro atoms. The molecule has 1 atom stereocenters. The van der Waals surface area contributed by atoms with Crippen molar-refractivity contribution >= 4 is 11.7 Å². The molecule has 2 heterocycles. The van der Waals surface area contributed by atoms with Gasteiger partial charge in [-0.15, -0.1) is 0 Å². The summed E-state index contributed by atoms with van der Waals surface area (Å²) >= 11 is 0. The molecule has 1 aliphatic heterocycles. The Hall–Kier alpha value is -4.00. The van der Waals surface area contributed by atoms with Crippen molar-refractivity contribution in [3.05, 3.63) is 46.7 Å². The second-order valence-electron chi connectivity index (χ2n) is 8.75. The molecule has 0 fully saturated rings. The lowest BCUT2D eigenvalue weighted by molar-refractivity contribution is -0.118. The summed E-state index contributed by atoms with van der Waals surface area (Å²) in [4.78, 5) is 19.4. The zero-order valence-corrected chi connectivity index (χ0v) is 19.2. The number of carbonyl (C=O) groups excluding carboxylic acids is 1. The molecule has 10 heteroatoms. The second kappa shape index (κ2) is 8.16. The van der Waals surface area contributed by atoms with Gasteiger partial charge < -0.3 is 19.9 Å². The highest BCUT2D eigenvalue weighted by atomic mass is 16.5. The molecule has 0 saturated heterocycles. The molecule has 0 saturated carbocycles. The second-order valence-corrected chi connectivity index (χ2v) is 8.75. The van der Waals surface area contributed by atoms with Crippen molar-refractivity contribution in [2.75, 3.05) is 26.2 Å². The van der Waals surface area contributed by atoms with Gasteiger partial charge in [0.1, 0.15) is 12.1 Å². The molecule has 1 unspecified atom stereocenters. The number of carbonyl (C=O) groups is 1. The van der Waals surface area contributed by atoms with Gasteiger partial charge >= 0.3 is 0 Å². The number of hydrogen-bond donors (Lipinski definition) is 2. The third kappa shape index (κ3) is 3.55. The topological polar surface area (TPSA) is 139 Å². The number of methoxy groups -OCH3 is 3. The van der Waals surface area contributed by atoms with Crippen molar-refractivity contribution in [1.82, 2.24) is 15.2 Å². The van der Waals surface area contributed by atoms with Crippen molar-refractivity contribution < 1.29 is 19.0 Å². The average molecular weight is 450 g/mol. The molecular formula is C23H26N6O4. The molecule has 2 aliphatic rings. The van der Waals surface area contributed by atoms with Crippen LogP contribution in [0.5, 0.6) is 17.2 Å². The molecule has 1 aliphatic carbocycles. The number of rotatable bonds is 5. The van der Waals surface area contributed by atoms with E-state index < -0.39 is 5.92 Å². The van der Waals surface area contributed by atoms with Gasteiger partial charge in [-0.1, -0.05) is 13.8 Å². The van der Waals surface area contributed by atoms with Crippen LogP contribution in [0.4, 0.5) is 5.95 Å². The smallest absolute Gasteiger partial charge is 0.231 e. The highest BCUT2D eigenvalue weighted by Gasteiger charge is 2.45. The van der Waals surface area contributed by atoms with Gasteiger partial charge in [-0.3, -0.25) is 9.69 Å². The lowest BCUT2D eigenvalue weighted by atomic mass is 9.68. The van der Waals surface area contributed by atoms with Crippen LogP contribution in [0.2, 0.25) is 0 Å². The number of Topliss-reactive ketones (excluding diaryl/α,β-unsaturated/α-hetero) is 1. The van der Waals surface area contributed by atoms with Crippen LogP contribution in [0.3, 0.4) is 0 Å². The first-order valence-electron chi connectivity index (χ1n) is 10.4. The number of aromatic nitrogens is 3. The van der Waals surface area contributed by atoms with Crippen molar-refractivity contribution in [2.45, 2.75) is 32.6 Å². The van der Waals surface area contributed by atoms with Gasteiger partial charge in [-0.2, -0.15) is 15.3 Å². The zero-order chi connectivity index (χ0) is 23.9. The van der Waals surface area contributed by atoms with E-state index in [4.69, 9.17) is 19.9 Å². The maximum atomic E-state index is 13.6. The van der Waals surface area contributed by atoms with Crippen LogP contribution in [-0.2, 0) is 4.79 Å². The van der Waals surface area contributed by atoms with Crippen LogP contribution in [0.15, 0.2) is 41.1 Å². The van der Waals surface area contributed by atoms with Crippen LogP contribution in [0.25, 0.3) is 0 Å². The van der Waals surface area contributed by atoms with Crippen molar-refractivity contribution in [3.63, 3.8) is 0 Å². The largest absolute Gasteiger partial charge is 0.493 e. The van der Waals surface area contributed by atoms with E-state index in [1.165, 1.54) is 27.7 Å². The first kappa shape index (κ1) is 22.2. The van der Waals surface area contributed by atoms with Gasteiger partial charge in [-0.05, 0) is 29.5 Å². The number of nitrogens with two attached hydrogens (primary N) is 1. The molecule has 1 aromatic heterocycles. The zero-order valence-electron chi connectivity index (χ0n) is 19.2. The molecule has 172 valence electrons. The lowest BCUT2D eigenvalue weighted by Crippen LogP contribution is -2.42. The van der Waals surface area contributed by atoms with Gasteiger partial charge in [-0.25, -0.2) is 5.10 Å². The van der Waals surface area contributed by atoms with E-state index in [2.05, 4.69) is 21.3 Å². The van der Waals surface area contributed by atoms with Crippen molar-refractivity contribution in [2.24, 2.45) is 11.1 Å². The van der Waals surface area contributed by atoms with Gasteiger partial charge in [0.2, 0.25) is 11.7 Å². The quantitative estimate of drug-likeness (QED) is 0.703. The summed E-state index contributed by atoms with van der Waals surface area (Å²) in [6.45, 7) is 4.06. The standard InChI is InChI=1S/C23H26N6O4/c1-23(2)8-14-19(15(30)9-23)18(12-6-16(31-3)20(33-5)17(7-12)32-4)13(10-24)21(25)29(14)22-26-11-27-28-22/h6-7,11,18H,8-9,25H2,1-5H3,(H,26,27,28). The minimum atomic E-state index is -0.693. The number of ether oxygens (including phenoxy) is 3. The van der Waals surface area contributed by atoms with E-state index in [0.717, 1.165) is 0 Å². The average Bonchev–Trinajstić information content (AvgIpc) is 3.30. The lowest BCUT2D eigenvalue weighted by Gasteiger charge is -2.42. The number of hydrogen-bond acceptors (Lipinski definition) is 9. The molecule has 4 rings (SSSR count). The molecular weight excluding hydrogens is 424 g/mol. The third-order valence-corrected chi connectivity index (χ3v) is 6.02. The highest BCUT2D eigenvalue weighted by molar-refractivity contribution is 6.01. The Kier molecular flexibility index (Phi) is 5.49. The normalized spacial score (nSPS) is 19.8. The van der Waals surface area contributed by atoms with Crippen molar-refractivity contribution in [3.8, 4) is 23.3 Å². The number of anilines is 1. The summed E-state index contributed by atoms with van der Waals surface area (Å²) in [6, 6.07) is 5.72. The maximum Gasteiger partial charge on any atom is 0.231 e. The summed E-state index contributed by atoms with van der Waals surface area (Å²) in [5, 5.41) is 16.9. The minimum Gasteiger partial charge on any atom is -0.493 e. The number of nitriles is 1. The Balaban J connectivity index is 2.02. The van der Waals surface area contributed by atoms with Crippen molar-refractivity contribution in [1.29, 1.82) is 5.26 Å². The number of ketones is 1. The summed E-state index contributed by atoms with van der Waals surface area (Å²) in [5.41, 5.74) is 8.33. The molecule has 2 aromatic rings. The first-order valence-corrected chi connectivity index (χ1v) is 10.4. The number of benzene rings is 1. The van der Waals surface area contributed by atoms with Gasteiger partial charge in [0.15, 0.2) is 17.3 Å². The summed E-state index contributed by atoms with van der Waals surface area (Å²) in [7, 11) is 4.55. The van der Waals surface area contributed by atoms with Gasteiger partial charge in [0.05, 0.1) is 38.9 Å². The van der Waals surface area contributed by atoms with E-state index in [1.54, 1.807) is 17.0 Å². The first-order chi connectivity index (χ1) is 15.8. The minimum absolute atomic E-state index is 0.0511. The Morgan fingerprint density at radius 3 is 2.36 bits per heavy atom. The predicted molar refractivity (Wildman–Crippen MR) is 120 cm³/mol. The molecule has 33 heavy (non-hydrogen) atoms. The van der Waals surface area contributed by atoms with E-state index >= 15 is 0 Å². The van der Waals surface area contributed by atoms with E-state index in [0.29, 0.717) is 52.9 Å². The fraction of sp³-hybridized carbons (Fsp3) is 0.391. The summed E-state index contributed by atoms with van der Waals surface area (Å²) < 4.78 is 16.5. The number of nitrogens with zero attached hydrogens (tertiary/aromatic N) is 4.